The molecule has 0 aromatic heterocycles. The second-order valence-electron chi connectivity index (χ2n) is 8.91. The van der Waals surface area contributed by atoms with Gasteiger partial charge in [0.15, 0.2) is 0 Å². The zero-order valence-corrected chi connectivity index (χ0v) is 19.0. The predicted molar refractivity (Wildman–Crippen MR) is 131 cm³/mol. The van der Waals surface area contributed by atoms with E-state index in [9.17, 15) is 4.79 Å². The number of rotatable bonds is 5. The van der Waals surface area contributed by atoms with E-state index in [0.29, 0.717) is 26.1 Å². The molecule has 0 saturated carbocycles. The van der Waals surface area contributed by atoms with Gasteiger partial charge in [0.25, 0.3) is 0 Å². The first-order valence-electron chi connectivity index (χ1n) is 11.7. The molecule has 0 N–H and O–H groups in total. The van der Waals surface area contributed by atoms with Crippen molar-refractivity contribution in [3.05, 3.63) is 90.0 Å². The second kappa shape index (κ2) is 9.14. The third kappa shape index (κ3) is 4.80. The van der Waals surface area contributed by atoms with Crippen molar-refractivity contribution in [3.8, 4) is 22.6 Å². The van der Waals surface area contributed by atoms with Gasteiger partial charge in [0, 0.05) is 31.5 Å². The monoisotopic (exact) mass is 439 g/mol. The van der Waals surface area contributed by atoms with E-state index in [4.69, 9.17) is 9.47 Å². The Kier molecular flexibility index (Phi) is 5.91. The lowest BCUT2D eigenvalue weighted by Gasteiger charge is -2.42. The summed E-state index contributed by atoms with van der Waals surface area (Å²) < 4.78 is 12.2. The molecule has 2 heterocycles. The lowest BCUT2D eigenvalue weighted by Crippen LogP contribution is -2.49. The van der Waals surface area contributed by atoms with Crippen LogP contribution in [0.1, 0.15) is 30.4 Å². The summed E-state index contributed by atoms with van der Waals surface area (Å²) >= 11 is 0. The van der Waals surface area contributed by atoms with Crippen LogP contribution in [0.25, 0.3) is 17.2 Å². The predicted octanol–water partition coefficient (Wildman–Crippen LogP) is 5.90. The highest BCUT2D eigenvalue weighted by Crippen LogP contribution is 2.38. The van der Waals surface area contributed by atoms with Gasteiger partial charge >= 0.3 is 0 Å². The largest absolute Gasteiger partial charge is 0.493 e. The summed E-state index contributed by atoms with van der Waals surface area (Å²) in [6, 6.07) is 24.7. The molecule has 0 radical (unpaired) electrons. The zero-order valence-electron chi connectivity index (χ0n) is 19.0. The molecule has 1 fully saturated rings. The van der Waals surface area contributed by atoms with Crippen LogP contribution < -0.4 is 9.47 Å². The number of likely N-dealkylation sites (tertiary alicyclic amines) is 1. The Morgan fingerprint density at radius 3 is 2.48 bits per heavy atom. The van der Waals surface area contributed by atoms with E-state index in [1.165, 1.54) is 16.7 Å². The zero-order chi connectivity index (χ0) is 22.7. The van der Waals surface area contributed by atoms with Crippen LogP contribution in [0.15, 0.2) is 78.9 Å². The van der Waals surface area contributed by atoms with E-state index >= 15 is 0 Å². The van der Waals surface area contributed by atoms with Crippen molar-refractivity contribution in [1.29, 1.82) is 0 Å². The molecule has 1 spiro atoms. The summed E-state index contributed by atoms with van der Waals surface area (Å²) in [4.78, 5) is 14.6. The van der Waals surface area contributed by atoms with Crippen molar-refractivity contribution >= 4 is 12.0 Å². The van der Waals surface area contributed by atoms with Gasteiger partial charge in [0.1, 0.15) is 17.1 Å². The number of aryl methyl sites for hydroxylation is 1. The lowest BCUT2D eigenvalue weighted by molar-refractivity contribution is -0.134. The van der Waals surface area contributed by atoms with Gasteiger partial charge in [-0.05, 0) is 48.4 Å². The van der Waals surface area contributed by atoms with Crippen LogP contribution in [0.4, 0.5) is 0 Å². The molecular weight excluding hydrogens is 410 g/mol. The molecule has 4 heteroatoms. The summed E-state index contributed by atoms with van der Waals surface area (Å²) in [6.07, 6.45) is 6.36. The van der Waals surface area contributed by atoms with Crippen molar-refractivity contribution in [2.75, 3.05) is 19.7 Å². The van der Waals surface area contributed by atoms with Crippen molar-refractivity contribution in [3.63, 3.8) is 0 Å². The molecule has 168 valence electrons. The van der Waals surface area contributed by atoms with Gasteiger partial charge in [-0.25, -0.2) is 0 Å². The molecule has 0 atom stereocenters. The van der Waals surface area contributed by atoms with Gasteiger partial charge in [-0.15, -0.1) is 0 Å². The van der Waals surface area contributed by atoms with Crippen molar-refractivity contribution in [2.45, 2.75) is 31.8 Å². The fourth-order valence-corrected chi connectivity index (χ4v) is 4.53. The van der Waals surface area contributed by atoms with E-state index in [2.05, 4.69) is 54.6 Å². The summed E-state index contributed by atoms with van der Waals surface area (Å²) in [5.41, 5.74) is 4.36. The molecule has 0 unspecified atom stereocenters. The standard InChI is InChI=1S/C29H29NO3/c1-22-7-10-26(11-8-22)32-20-14-28(31)30-18-16-29(17-19-30)15-13-25-21-24(9-12-27(25)33-29)23-5-3-2-4-6-23/h2-13,15,21H,14,16-20H2,1H3. The van der Waals surface area contributed by atoms with Crippen LogP contribution in [0.2, 0.25) is 0 Å². The Morgan fingerprint density at radius 1 is 0.970 bits per heavy atom. The van der Waals surface area contributed by atoms with E-state index in [-0.39, 0.29) is 11.5 Å². The van der Waals surface area contributed by atoms with Crippen LogP contribution in [0.5, 0.6) is 11.5 Å². The quantitative estimate of drug-likeness (QED) is 0.497. The van der Waals surface area contributed by atoms with Crippen molar-refractivity contribution < 1.29 is 14.3 Å². The molecule has 3 aromatic carbocycles. The number of piperidine rings is 1. The number of hydrogen-bond acceptors (Lipinski definition) is 3. The van der Waals surface area contributed by atoms with E-state index < -0.39 is 0 Å². The number of fused-ring (bicyclic) bond motifs is 1. The molecule has 2 aliphatic heterocycles. The molecular formula is C29H29NO3. The maximum Gasteiger partial charge on any atom is 0.226 e. The maximum atomic E-state index is 12.7. The smallest absolute Gasteiger partial charge is 0.226 e. The van der Waals surface area contributed by atoms with Gasteiger partial charge in [-0.1, -0.05) is 60.2 Å². The van der Waals surface area contributed by atoms with Crippen LogP contribution in [0, 0.1) is 6.92 Å². The van der Waals surface area contributed by atoms with Crippen LogP contribution in [-0.4, -0.2) is 36.1 Å². The molecule has 2 aliphatic rings. The Morgan fingerprint density at radius 2 is 1.73 bits per heavy atom. The molecule has 33 heavy (non-hydrogen) atoms. The first kappa shape index (κ1) is 21.3. The first-order valence-corrected chi connectivity index (χ1v) is 11.7. The summed E-state index contributed by atoms with van der Waals surface area (Å²) in [7, 11) is 0. The summed E-state index contributed by atoms with van der Waals surface area (Å²) in [5, 5.41) is 0. The molecule has 4 nitrogen and oxygen atoms in total. The van der Waals surface area contributed by atoms with Crippen molar-refractivity contribution in [2.24, 2.45) is 0 Å². The number of benzene rings is 3. The minimum absolute atomic E-state index is 0.143. The fraction of sp³-hybridized carbons (Fsp3) is 0.276. The van der Waals surface area contributed by atoms with Gasteiger partial charge in [-0.3, -0.25) is 4.79 Å². The summed E-state index contributed by atoms with van der Waals surface area (Å²) in [6.45, 7) is 3.84. The SMILES string of the molecule is Cc1ccc(OCCC(=O)N2CCC3(C=Cc4cc(-c5ccccc5)ccc4O3)CC2)cc1. The average Bonchev–Trinajstić information content (AvgIpc) is 2.86. The third-order valence-corrected chi connectivity index (χ3v) is 6.56. The minimum Gasteiger partial charge on any atom is -0.493 e. The van der Waals surface area contributed by atoms with Gasteiger partial charge in [0.05, 0.1) is 13.0 Å². The van der Waals surface area contributed by atoms with Gasteiger partial charge in [0.2, 0.25) is 5.91 Å². The molecule has 1 saturated heterocycles. The number of hydrogen-bond donors (Lipinski definition) is 0. The number of nitrogens with zero attached hydrogens (tertiary/aromatic N) is 1. The number of ether oxygens (including phenoxy) is 2. The number of carbonyl (C=O) groups excluding carboxylic acids is 1. The molecule has 3 aromatic rings. The van der Waals surface area contributed by atoms with E-state index in [1.807, 2.05) is 42.2 Å². The minimum atomic E-state index is -0.323. The first-order chi connectivity index (χ1) is 16.1. The second-order valence-corrected chi connectivity index (χ2v) is 8.91. The van der Waals surface area contributed by atoms with E-state index in [0.717, 1.165) is 29.9 Å². The van der Waals surface area contributed by atoms with Crippen LogP contribution in [-0.2, 0) is 4.79 Å². The van der Waals surface area contributed by atoms with Gasteiger partial charge in [-0.2, -0.15) is 0 Å². The normalized spacial score (nSPS) is 16.2. The van der Waals surface area contributed by atoms with Gasteiger partial charge < -0.3 is 14.4 Å². The Bertz CT molecular complexity index is 1140. The third-order valence-electron chi connectivity index (χ3n) is 6.56. The topological polar surface area (TPSA) is 38.8 Å². The molecule has 5 rings (SSSR count). The molecule has 0 bridgehead atoms. The Labute approximate surface area is 195 Å². The highest BCUT2D eigenvalue weighted by atomic mass is 16.5. The lowest BCUT2D eigenvalue weighted by atomic mass is 9.87. The van der Waals surface area contributed by atoms with E-state index in [1.54, 1.807) is 0 Å². The number of carbonyl (C=O) groups is 1. The highest BCUT2D eigenvalue weighted by molar-refractivity contribution is 5.76. The number of amides is 1. The average molecular weight is 440 g/mol. The highest BCUT2D eigenvalue weighted by Gasteiger charge is 2.37. The van der Waals surface area contributed by atoms with Crippen LogP contribution in [0.3, 0.4) is 0 Å². The maximum absolute atomic E-state index is 12.7. The molecule has 0 aliphatic carbocycles. The fourth-order valence-electron chi connectivity index (χ4n) is 4.53. The summed E-state index contributed by atoms with van der Waals surface area (Å²) in [5.74, 6) is 1.87. The van der Waals surface area contributed by atoms with Crippen LogP contribution >= 0.6 is 0 Å². The Balaban J connectivity index is 1.15. The Hall–Kier alpha value is -3.53. The molecule has 1 amide bonds. The van der Waals surface area contributed by atoms with Crippen molar-refractivity contribution in [1.82, 2.24) is 4.90 Å².